The van der Waals surface area contributed by atoms with E-state index in [-0.39, 0.29) is 18.4 Å². The number of carbonyl (C=O) groups is 2. The molecule has 29 heavy (non-hydrogen) atoms. The van der Waals surface area contributed by atoms with Gasteiger partial charge in [-0.15, -0.1) is 0 Å². The SMILES string of the molecule is Cc1cc(C)cc(NC(=O)c2ccc3c(c2)N(Cc2ccccc2)C(=O)CO3)c1. The number of nitrogens with zero attached hydrogens (tertiary/aromatic N) is 1. The Morgan fingerprint density at radius 3 is 2.45 bits per heavy atom. The molecule has 2 amide bonds. The maximum Gasteiger partial charge on any atom is 0.265 e. The number of hydrogen-bond acceptors (Lipinski definition) is 3. The summed E-state index contributed by atoms with van der Waals surface area (Å²) in [4.78, 5) is 27.0. The van der Waals surface area contributed by atoms with Gasteiger partial charge in [-0.2, -0.15) is 0 Å². The molecule has 1 aliphatic heterocycles. The van der Waals surface area contributed by atoms with Gasteiger partial charge in [-0.1, -0.05) is 36.4 Å². The van der Waals surface area contributed by atoms with Gasteiger partial charge in [-0.3, -0.25) is 9.59 Å². The Kier molecular flexibility index (Phi) is 5.04. The minimum Gasteiger partial charge on any atom is -0.482 e. The van der Waals surface area contributed by atoms with Crippen molar-refractivity contribution < 1.29 is 14.3 Å². The van der Waals surface area contributed by atoms with Crippen molar-refractivity contribution in [1.82, 2.24) is 0 Å². The lowest BCUT2D eigenvalue weighted by Gasteiger charge is -2.29. The van der Waals surface area contributed by atoms with Gasteiger partial charge < -0.3 is 15.0 Å². The van der Waals surface area contributed by atoms with Crippen molar-refractivity contribution in [3.05, 3.63) is 89.0 Å². The molecule has 0 aliphatic carbocycles. The second-order valence-corrected chi connectivity index (χ2v) is 7.27. The molecular weight excluding hydrogens is 364 g/mol. The van der Waals surface area contributed by atoms with Crippen molar-refractivity contribution in [2.45, 2.75) is 20.4 Å². The van der Waals surface area contributed by atoms with Crippen LogP contribution in [-0.4, -0.2) is 18.4 Å². The topological polar surface area (TPSA) is 58.6 Å². The Balaban J connectivity index is 1.62. The van der Waals surface area contributed by atoms with Gasteiger partial charge in [0.25, 0.3) is 11.8 Å². The molecule has 0 unspecified atom stereocenters. The van der Waals surface area contributed by atoms with Crippen LogP contribution in [0.5, 0.6) is 5.75 Å². The first kappa shape index (κ1) is 18.7. The van der Waals surface area contributed by atoms with E-state index in [9.17, 15) is 9.59 Å². The first-order chi connectivity index (χ1) is 14.0. The van der Waals surface area contributed by atoms with E-state index in [4.69, 9.17) is 4.74 Å². The summed E-state index contributed by atoms with van der Waals surface area (Å²) in [5.74, 6) is 0.243. The summed E-state index contributed by atoms with van der Waals surface area (Å²) in [6, 6.07) is 20.8. The minimum atomic E-state index is -0.226. The van der Waals surface area contributed by atoms with E-state index in [0.29, 0.717) is 23.5 Å². The molecule has 3 aromatic rings. The van der Waals surface area contributed by atoms with Gasteiger partial charge in [0.1, 0.15) is 5.75 Å². The Labute approximate surface area is 169 Å². The molecule has 1 aliphatic rings. The summed E-state index contributed by atoms with van der Waals surface area (Å²) in [6.07, 6.45) is 0. The zero-order chi connectivity index (χ0) is 20.4. The summed E-state index contributed by atoms with van der Waals surface area (Å²) >= 11 is 0. The smallest absolute Gasteiger partial charge is 0.265 e. The van der Waals surface area contributed by atoms with Crippen molar-refractivity contribution in [2.24, 2.45) is 0 Å². The normalized spacial score (nSPS) is 12.9. The fourth-order valence-corrected chi connectivity index (χ4v) is 3.53. The maximum absolute atomic E-state index is 12.8. The Morgan fingerprint density at radius 2 is 1.72 bits per heavy atom. The van der Waals surface area contributed by atoms with Gasteiger partial charge in [-0.25, -0.2) is 0 Å². The molecule has 0 bridgehead atoms. The summed E-state index contributed by atoms with van der Waals surface area (Å²) in [5, 5.41) is 2.94. The van der Waals surface area contributed by atoms with Crippen molar-refractivity contribution in [2.75, 3.05) is 16.8 Å². The molecule has 0 radical (unpaired) electrons. The average molecular weight is 386 g/mol. The molecular formula is C24H22N2O3. The lowest BCUT2D eigenvalue weighted by Crippen LogP contribution is -2.38. The molecule has 146 valence electrons. The summed E-state index contributed by atoms with van der Waals surface area (Å²) in [6.45, 7) is 4.41. The van der Waals surface area contributed by atoms with Gasteiger partial charge in [-0.05, 0) is 60.9 Å². The molecule has 0 aromatic heterocycles. The average Bonchev–Trinajstić information content (AvgIpc) is 2.70. The highest BCUT2D eigenvalue weighted by Gasteiger charge is 2.26. The summed E-state index contributed by atoms with van der Waals surface area (Å²) in [7, 11) is 0. The van der Waals surface area contributed by atoms with E-state index < -0.39 is 0 Å². The number of hydrogen-bond donors (Lipinski definition) is 1. The highest BCUT2D eigenvalue weighted by molar-refractivity contribution is 6.06. The number of nitrogens with one attached hydrogen (secondary N) is 1. The van der Waals surface area contributed by atoms with Crippen LogP contribution in [0.3, 0.4) is 0 Å². The van der Waals surface area contributed by atoms with Crippen molar-refractivity contribution in [3.8, 4) is 5.75 Å². The van der Waals surface area contributed by atoms with Crippen molar-refractivity contribution in [3.63, 3.8) is 0 Å². The molecule has 1 heterocycles. The van der Waals surface area contributed by atoms with E-state index in [1.165, 1.54) is 0 Å². The third kappa shape index (κ3) is 4.14. The largest absolute Gasteiger partial charge is 0.482 e. The van der Waals surface area contributed by atoms with E-state index in [1.807, 2.05) is 56.3 Å². The predicted octanol–water partition coefficient (Wildman–Crippen LogP) is 4.48. The van der Waals surface area contributed by atoms with Crippen LogP contribution < -0.4 is 15.0 Å². The highest BCUT2D eigenvalue weighted by Crippen LogP contribution is 2.34. The zero-order valence-corrected chi connectivity index (χ0v) is 16.4. The number of rotatable bonds is 4. The Bertz CT molecular complexity index is 1060. The number of benzene rings is 3. The van der Waals surface area contributed by atoms with Gasteiger partial charge in [0, 0.05) is 11.3 Å². The molecule has 0 spiro atoms. The van der Waals surface area contributed by atoms with Crippen LogP contribution in [-0.2, 0) is 11.3 Å². The molecule has 5 nitrogen and oxygen atoms in total. The van der Waals surface area contributed by atoms with Crippen LogP contribution in [0.1, 0.15) is 27.0 Å². The van der Waals surface area contributed by atoms with E-state index in [1.54, 1.807) is 23.1 Å². The molecule has 0 saturated heterocycles. The first-order valence-electron chi connectivity index (χ1n) is 9.50. The second kappa shape index (κ2) is 7.80. The van der Waals surface area contributed by atoms with Gasteiger partial charge in [0.15, 0.2) is 6.61 Å². The number of aryl methyl sites for hydroxylation is 2. The summed E-state index contributed by atoms with van der Waals surface area (Å²) < 4.78 is 5.57. The monoisotopic (exact) mass is 386 g/mol. The minimum absolute atomic E-state index is 0.00601. The van der Waals surface area contributed by atoms with Crippen LogP contribution in [0, 0.1) is 13.8 Å². The Morgan fingerprint density at radius 1 is 1.00 bits per heavy atom. The van der Waals surface area contributed by atoms with Crippen molar-refractivity contribution in [1.29, 1.82) is 0 Å². The van der Waals surface area contributed by atoms with Gasteiger partial charge >= 0.3 is 0 Å². The quantitative estimate of drug-likeness (QED) is 0.719. The van der Waals surface area contributed by atoms with Crippen LogP contribution >= 0.6 is 0 Å². The lowest BCUT2D eigenvalue weighted by atomic mass is 10.1. The standard InChI is InChI=1S/C24H22N2O3/c1-16-10-17(2)12-20(11-16)25-24(28)19-8-9-22-21(13-19)26(23(27)15-29-22)14-18-6-4-3-5-7-18/h3-13H,14-15H2,1-2H3,(H,25,28). The van der Waals surface area contributed by atoms with Crippen LogP contribution in [0.25, 0.3) is 0 Å². The molecule has 0 saturated carbocycles. The number of ether oxygens (including phenoxy) is 1. The van der Waals surface area contributed by atoms with Gasteiger partial charge in [0.05, 0.1) is 12.2 Å². The number of fused-ring (bicyclic) bond motifs is 1. The fraction of sp³-hybridized carbons (Fsp3) is 0.167. The Hall–Kier alpha value is -3.60. The van der Waals surface area contributed by atoms with Crippen molar-refractivity contribution >= 4 is 23.2 Å². The highest BCUT2D eigenvalue weighted by atomic mass is 16.5. The fourth-order valence-electron chi connectivity index (χ4n) is 3.53. The molecule has 0 atom stereocenters. The van der Waals surface area contributed by atoms with Crippen LogP contribution in [0.4, 0.5) is 11.4 Å². The number of anilines is 2. The van der Waals surface area contributed by atoms with Gasteiger partial charge in [0.2, 0.25) is 0 Å². The molecule has 1 N–H and O–H groups in total. The second-order valence-electron chi connectivity index (χ2n) is 7.27. The first-order valence-corrected chi connectivity index (χ1v) is 9.50. The maximum atomic E-state index is 12.8. The lowest BCUT2D eigenvalue weighted by molar-refractivity contribution is -0.121. The van der Waals surface area contributed by atoms with E-state index in [0.717, 1.165) is 22.4 Å². The van der Waals surface area contributed by atoms with E-state index in [2.05, 4.69) is 11.4 Å². The molecule has 5 heteroatoms. The molecule has 3 aromatic carbocycles. The van der Waals surface area contributed by atoms with E-state index >= 15 is 0 Å². The third-order valence-corrected chi connectivity index (χ3v) is 4.83. The van der Waals surface area contributed by atoms with Crippen LogP contribution in [0.2, 0.25) is 0 Å². The summed E-state index contributed by atoms with van der Waals surface area (Å²) in [5.41, 5.74) is 5.01. The molecule has 4 rings (SSSR count). The van der Waals surface area contributed by atoms with Crippen LogP contribution in [0.15, 0.2) is 66.7 Å². The third-order valence-electron chi connectivity index (χ3n) is 4.83. The number of amides is 2. The predicted molar refractivity (Wildman–Crippen MR) is 113 cm³/mol. The number of carbonyl (C=O) groups excluding carboxylic acids is 2. The molecule has 0 fully saturated rings. The zero-order valence-electron chi connectivity index (χ0n) is 16.4.